The smallest absolute Gasteiger partial charge is 0.455 e. The van der Waals surface area contributed by atoms with E-state index in [2.05, 4.69) is 4.74 Å². The summed E-state index contributed by atoms with van der Waals surface area (Å²) in [5.41, 5.74) is 0. The van der Waals surface area contributed by atoms with Crippen molar-refractivity contribution in [1.82, 2.24) is 0 Å². The van der Waals surface area contributed by atoms with Crippen LogP contribution in [0.15, 0.2) is 0 Å². The number of rotatable bonds is 22. The molecule has 9 nitrogen and oxygen atoms in total. The first-order valence-corrected chi connectivity index (χ1v) is 9.37. The molecule has 0 radical (unpaired) electrons. The number of carboxylic acid groups (broad SMARTS) is 1. The molecule has 0 atom stereocenters. The molecule has 0 heterocycles. The molecule has 31 heavy (non-hydrogen) atoms. The van der Waals surface area contributed by atoms with Crippen LogP contribution in [0.5, 0.6) is 0 Å². The van der Waals surface area contributed by atoms with Crippen LogP contribution in [0, 0.1) is 0 Å². The fourth-order valence-corrected chi connectivity index (χ4v) is 1.66. The molecule has 0 saturated carbocycles. The first-order chi connectivity index (χ1) is 14.7. The molecule has 0 saturated heterocycles. The Morgan fingerprint density at radius 2 is 0.839 bits per heavy atom. The van der Waals surface area contributed by atoms with Gasteiger partial charge in [-0.1, -0.05) is 0 Å². The van der Waals surface area contributed by atoms with Crippen molar-refractivity contribution in [3.05, 3.63) is 0 Å². The van der Waals surface area contributed by atoms with Crippen LogP contribution in [0.3, 0.4) is 0 Å². The lowest BCUT2D eigenvalue weighted by molar-refractivity contribution is -0.297. The highest BCUT2D eigenvalue weighted by molar-refractivity contribution is 5.67. The zero-order chi connectivity index (χ0) is 23.4. The van der Waals surface area contributed by atoms with Crippen LogP contribution in [-0.2, 0) is 38.0 Å². The third-order valence-electron chi connectivity index (χ3n) is 3.16. The van der Waals surface area contributed by atoms with Crippen LogP contribution in [-0.4, -0.2) is 116 Å². The van der Waals surface area contributed by atoms with E-state index in [1.165, 1.54) is 0 Å². The number of hydrogen-bond donors (Lipinski definition) is 1. The third kappa shape index (κ3) is 19.3. The van der Waals surface area contributed by atoms with Gasteiger partial charge in [-0.25, -0.2) is 4.79 Å². The number of alkyl halides is 5. The summed E-state index contributed by atoms with van der Waals surface area (Å²) in [6.45, 7) is 0.171. The van der Waals surface area contributed by atoms with Gasteiger partial charge in [0.2, 0.25) is 0 Å². The summed E-state index contributed by atoms with van der Waals surface area (Å²) in [6, 6.07) is 0. The fraction of sp³-hybridized carbons (Fsp3) is 0.941. The minimum atomic E-state index is -5.63. The van der Waals surface area contributed by atoms with Crippen molar-refractivity contribution in [2.24, 2.45) is 0 Å². The largest absolute Gasteiger partial charge is 0.480 e. The standard InChI is InChI=1S/C17H29F5O9/c18-16(19,17(20,21)22)14-31-12-10-29-8-6-27-4-2-25-1-3-26-5-7-28-9-11-30-13-15(23)24/h1-14H2,(H,23,24). The van der Waals surface area contributed by atoms with Gasteiger partial charge in [-0.3, -0.25) is 0 Å². The maximum absolute atomic E-state index is 12.5. The van der Waals surface area contributed by atoms with E-state index < -0.39 is 31.3 Å². The van der Waals surface area contributed by atoms with Crippen LogP contribution in [0.2, 0.25) is 0 Å². The summed E-state index contributed by atoms with van der Waals surface area (Å²) in [5, 5.41) is 8.34. The predicted octanol–water partition coefficient (Wildman–Crippen LogP) is 1.38. The van der Waals surface area contributed by atoms with Gasteiger partial charge in [0.05, 0.1) is 79.3 Å². The third-order valence-corrected chi connectivity index (χ3v) is 3.16. The zero-order valence-electron chi connectivity index (χ0n) is 17.0. The number of carboxylic acids is 1. The van der Waals surface area contributed by atoms with Crippen molar-refractivity contribution in [1.29, 1.82) is 0 Å². The summed E-state index contributed by atoms with van der Waals surface area (Å²) >= 11 is 0. The highest BCUT2D eigenvalue weighted by atomic mass is 19.4. The lowest BCUT2D eigenvalue weighted by atomic mass is 10.3. The van der Waals surface area contributed by atoms with Gasteiger partial charge in [-0.05, 0) is 0 Å². The maximum atomic E-state index is 12.5. The minimum Gasteiger partial charge on any atom is -0.480 e. The average Bonchev–Trinajstić information content (AvgIpc) is 2.68. The molecule has 0 rings (SSSR count). The summed E-state index contributed by atoms with van der Waals surface area (Å²) in [6.07, 6.45) is -5.63. The zero-order valence-corrected chi connectivity index (χ0v) is 17.0. The quantitative estimate of drug-likeness (QED) is 0.185. The van der Waals surface area contributed by atoms with Gasteiger partial charge < -0.3 is 38.3 Å². The normalized spacial score (nSPS) is 12.4. The molecule has 14 heteroatoms. The van der Waals surface area contributed by atoms with E-state index in [1.807, 2.05) is 0 Å². The lowest BCUT2D eigenvalue weighted by Crippen LogP contribution is -2.41. The summed E-state index contributed by atoms with van der Waals surface area (Å²) in [7, 11) is 0. The second-order valence-corrected chi connectivity index (χ2v) is 5.76. The van der Waals surface area contributed by atoms with E-state index >= 15 is 0 Å². The van der Waals surface area contributed by atoms with Gasteiger partial charge in [0.25, 0.3) is 0 Å². The van der Waals surface area contributed by atoms with Gasteiger partial charge in [-0.15, -0.1) is 0 Å². The molecule has 0 unspecified atom stereocenters. The Bertz CT molecular complexity index is 439. The fourth-order valence-electron chi connectivity index (χ4n) is 1.66. The van der Waals surface area contributed by atoms with E-state index in [-0.39, 0.29) is 46.2 Å². The van der Waals surface area contributed by atoms with E-state index in [1.54, 1.807) is 0 Å². The second-order valence-electron chi connectivity index (χ2n) is 5.76. The minimum absolute atomic E-state index is 0.128. The second kappa shape index (κ2) is 18.4. The Morgan fingerprint density at radius 3 is 1.13 bits per heavy atom. The maximum Gasteiger partial charge on any atom is 0.455 e. The first-order valence-electron chi connectivity index (χ1n) is 9.37. The Labute approximate surface area is 176 Å². The molecular formula is C17H29F5O9. The number of carbonyl (C=O) groups is 1. The van der Waals surface area contributed by atoms with Crippen LogP contribution in [0.1, 0.15) is 0 Å². The molecule has 0 bridgehead atoms. The van der Waals surface area contributed by atoms with Crippen molar-refractivity contribution < 1.29 is 65.0 Å². The van der Waals surface area contributed by atoms with Gasteiger partial charge in [0, 0.05) is 0 Å². The van der Waals surface area contributed by atoms with Crippen LogP contribution in [0.25, 0.3) is 0 Å². The van der Waals surface area contributed by atoms with Gasteiger partial charge in [0.1, 0.15) is 13.2 Å². The van der Waals surface area contributed by atoms with E-state index in [0.717, 1.165) is 0 Å². The highest BCUT2D eigenvalue weighted by Gasteiger charge is 2.57. The molecule has 0 aromatic carbocycles. The van der Waals surface area contributed by atoms with Crippen molar-refractivity contribution in [3.8, 4) is 0 Å². The molecule has 0 aromatic heterocycles. The Morgan fingerprint density at radius 1 is 0.548 bits per heavy atom. The number of ether oxygens (including phenoxy) is 7. The average molecular weight is 472 g/mol. The summed E-state index contributed by atoms with van der Waals surface area (Å²) in [4.78, 5) is 10.2. The Hall–Kier alpha value is -1.16. The van der Waals surface area contributed by atoms with Crippen molar-refractivity contribution in [2.75, 3.05) is 92.5 Å². The molecule has 0 aliphatic rings. The van der Waals surface area contributed by atoms with E-state index in [0.29, 0.717) is 33.0 Å². The molecule has 0 spiro atoms. The van der Waals surface area contributed by atoms with Crippen molar-refractivity contribution in [2.45, 2.75) is 12.1 Å². The lowest BCUT2D eigenvalue weighted by Gasteiger charge is -2.19. The van der Waals surface area contributed by atoms with Crippen LogP contribution in [0.4, 0.5) is 22.0 Å². The number of hydrogen-bond acceptors (Lipinski definition) is 8. The molecule has 186 valence electrons. The van der Waals surface area contributed by atoms with Crippen LogP contribution < -0.4 is 0 Å². The molecule has 0 aliphatic heterocycles. The first kappa shape index (κ1) is 29.8. The topological polar surface area (TPSA) is 102 Å². The number of halogens is 5. The monoisotopic (exact) mass is 472 g/mol. The number of aliphatic carboxylic acids is 1. The van der Waals surface area contributed by atoms with Gasteiger partial charge >= 0.3 is 18.1 Å². The molecule has 0 aliphatic carbocycles. The van der Waals surface area contributed by atoms with E-state index in [4.69, 9.17) is 33.5 Å². The van der Waals surface area contributed by atoms with Crippen molar-refractivity contribution >= 4 is 5.97 Å². The predicted molar refractivity (Wildman–Crippen MR) is 94.4 cm³/mol. The molecule has 0 aromatic rings. The Balaban J connectivity index is 3.18. The van der Waals surface area contributed by atoms with Gasteiger partial charge in [-0.2, -0.15) is 22.0 Å². The van der Waals surface area contributed by atoms with Crippen molar-refractivity contribution in [3.63, 3.8) is 0 Å². The summed E-state index contributed by atoms with van der Waals surface area (Å²) < 4.78 is 95.5. The van der Waals surface area contributed by atoms with Gasteiger partial charge in [0.15, 0.2) is 0 Å². The summed E-state index contributed by atoms with van der Waals surface area (Å²) in [5.74, 6) is -5.92. The molecular weight excluding hydrogens is 443 g/mol. The van der Waals surface area contributed by atoms with Crippen LogP contribution >= 0.6 is 0 Å². The molecule has 0 amide bonds. The Kier molecular flexibility index (Phi) is 17.7. The highest BCUT2D eigenvalue weighted by Crippen LogP contribution is 2.35. The molecule has 0 fully saturated rings. The SMILES string of the molecule is O=C(O)COCCOCCOCCOCCOCCOCCOCC(F)(F)C(F)(F)F. The van der Waals surface area contributed by atoms with E-state index in [9.17, 15) is 26.7 Å². The molecule has 1 N–H and O–H groups in total.